The molecule has 0 saturated heterocycles. The molecule has 0 fully saturated rings. The highest BCUT2D eigenvalue weighted by Gasteiger charge is 2.21. The van der Waals surface area contributed by atoms with Crippen molar-refractivity contribution in [2.75, 3.05) is 6.54 Å². The molecule has 0 aliphatic rings. The zero-order valence-electron chi connectivity index (χ0n) is 20.7. The number of amides is 1. The van der Waals surface area contributed by atoms with Gasteiger partial charge >= 0.3 is 6.09 Å². The van der Waals surface area contributed by atoms with Crippen molar-refractivity contribution in [3.8, 4) is 5.75 Å². The van der Waals surface area contributed by atoms with Gasteiger partial charge < -0.3 is 14.8 Å². The maximum absolute atomic E-state index is 13.9. The fraction of sp³-hybridized carbons (Fsp3) is 0.423. The first-order valence-corrected chi connectivity index (χ1v) is 11.5. The number of carbonyl (C=O) groups excluding carboxylic acids is 2. The number of nitrogens with one attached hydrogen (secondary N) is 1. The number of alkyl carbamates (subject to hydrolysis) is 1. The van der Waals surface area contributed by atoms with Gasteiger partial charge in [0.25, 0.3) is 0 Å². The lowest BCUT2D eigenvalue weighted by Gasteiger charge is -2.20. The van der Waals surface area contributed by atoms with Crippen LogP contribution < -0.4 is 10.1 Å². The number of pyridine rings is 1. The number of aromatic nitrogens is 2. The molecule has 0 saturated carbocycles. The molecule has 0 aliphatic heterocycles. The Hall–Kier alpha value is -3.49. The minimum Gasteiger partial charge on any atom is -0.485 e. The summed E-state index contributed by atoms with van der Waals surface area (Å²) < 4.78 is 40.4. The minimum atomic E-state index is -0.692. The third-order valence-corrected chi connectivity index (χ3v) is 5.34. The first kappa shape index (κ1) is 26.1. The molecule has 188 valence electrons. The molecule has 7 nitrogen and oxygen atoms in total. The Balaban J connectivity index is 1.66. The van der Waals surface area contributed by atoms with E-state index in [1.165, 1.54) is 18.2 Å². The molecule has 1 N–H and O–H groups in total. The first-order valence-electron chi connectivity index (χ1n) is 11.5. The van der Waals surface area contributed by atoms with Crippen LogP contribution in [0.3, 0.4) is 0 Å². The van der Waals surface area contributed by atoms with Crippen LogP contribution in [0, 0.1) is 24.5 Å². The quantitative estimate of drug-likeness (QED) is 0.396. The Bertz CT molecular complexity index is 1200. The van der Waals surface area contributed by atoms with Crippen molar-refractivity contribution >= 4 is 17.5 Å². The van der Waals surface area contributed by atoms with Gasteiger partial charge in [-0.15, -0.1) is 0 Å². The van der Waals surface area contributed by atoms with E-state index in [4.69, 9.17) is 9.47 Å². The number of rotatable bonds is 9. The number of Topliss-reactive ketones (excluding diaryl/α,β-unsaturated/α-hetero) is 1. The van der Waals surface area contributed by atoms with E-state index in [0.717, 1.165) is 0 Å². The van der Waals surface area contributed by atoms with E-state index in [1.54, 1.807) is 50.4 Å². The van der Waals surface area contributed by atoms with E-state index >= 15 is 0 Å². The van der Waals surface area contributed by atoms with Crippen LogP contribution in [-0.2, 0) is 11.3 Å². The van der Waals surface area contributed by atoms with Gasteiger partial charge in [0.1, 0.15) is 29.5 Å². The molecule has 9 heteroatoms. The predicted molar refractivity (Wildman–Crippen MR) is 128 cm³/mol. The largest absolute Gasteiger partial charge is 0.485 e. The van der Waals surface area contributed by atoms with E-state index in [-0.39, 0.29) is 30.3 Å². The summed E-state index contributed by atoms with van der Waals surface area (Å²) >= 11 is 0. The van der Waals surface area contributed by atoms with E-state index in [9.17, 15) is 18.4 Å². The van der Waals surface area contributed by atoms with Crippen LogP contribution in [0.5, 0.6) is 5.75 Å². The third-order valence-electron chi connectivity index (χ3n) is 5.34. The average molecular weight is 488 g/mol. The van der Waals surface area contributed by atoms with Gasteiger partial charge in [0.15, 0.2) is 17.2 Å². The lowest BCUT2D eigenvalue weighted by atomic mass is 10.0. The van der Waals surface area contributed by atoms with Crippen LogP contribution >= 0.6 is 0 Å². The number of aryl methyl sites for hydroxylation is 1. The highest BCUT2D eigenvalue weighted by molar-refractivity contribution is 5.96. The highest BCUT2D eigenvalue weighted by atomic mass is 19.1. The molecule has 2 heterocycles. The summed E-state index contributed by atoms with van der Waals surface area (Å²) in [7, 11) is 0. The number of ether oxygens (including phenoxy) is 2. The Labute approximate surface area is 203 Å². The first-order chi connectivity index (χ1) is 16.5. The van der Waals surface area contributed by atoms with E-state index in [1.807, 2.05) is 6.92 Å². The molecule has 1 unspecified atom stereocenters. The second-order valence-electron chi connectivity index (χ2n) is 9.55. The standard InChI is InChI=1S/C26H31F2N3O4/c1-16(14-29-25(33)35-26(3,4)5)11-12-21(32)23-17(2)30-24-22(10-7-13-31(23)24)34-15-18-19(27)8-6-9-20(18)28/h6-10,13,16H,11-12,14-15H2,1-5H3,(H,29,33). The molecule has 1 amide bonds. The maximum atomic E-state index is 13.9. The molecule has 3 rings (SSSR count). The number of ketones is 1. The summed E-state index contributed by atoms with van der Waals surface area (Å²) in [4.78, 5) is 29.3. The second kappa shape index (κ2) is 10.8. The second-order valence-corrected chi connectivity index (χ2v) is 9.55. The Morgan fingerprint density at radius 3 is 2.49 bits per heavy atom. The monoisotopic (exact) mass is 487 g/mol. The molecule has 0 aliphatic carbocycles. The number of hydrogen-bond donors (Lipinski definition) is 1. The fourth-order valence-corrected chi connectivity index (χ4v) is 3.59. The minimum absolute atomic E-state index is 0.0560. The molecule has 35 heavy (non-hydrogen) atoms. The molecular weight excluding hydrogens is 456 g/mol. The molecule has 2 aromatic heterocycles. The van der Waals surface area contributed by atoms with Gasteiger partial charge in [-0.3, -0.25) is 9.20 Å². The van der Waals surface area contributed by atoms with Gasteiger partial charge in [0, 0.05) is 19.2 Å². The van der Waals surface area contributed by atoms with E-state index in [0.29, 0.717) is 35.8 Å². The van der Waals surface area contributed by atoms with Crippen molar-refractivity contribution in [3.63, 3.8) is 0 Å². The Morgan fingerprint density at radius 1 is 1.14 bits per heavy atom. The van der Waals surface area contributed by atoms with Gasteiger partial charge in [0.2, 0.25) is 0 Å². The predicted octanol–water partition coefficient (Wildman–Crippen LogP) is 5.62. The molecule has 1 aromatic carbocycles. The van der Waals surface area contributed by atoms with Crippen LogP contribution in [0.15, 0.2) is 36.5 Å². The zero-order chi connectivity index (χ0) is 25.8. The summed E-state index contributed by atoms with van der Waals surface area (Å²) in [5.74, 6) is -1.12. The number of imidazole rings is 1. The molecule has 0 spiro atoms. The number of halogens is 2. The van der Waals surface area contributed by atoms with Crippen molar-refractivity contribution in [3.05, 3.63) is 65.1 Å². The molecule has 0 radical (unpaired) electrons. The highest BCUT2D eigenvalue weighted by Crippen LogP contribution is 2.25. The Morgan fingerprint density at radius 2 is 1.83 bits per heavy atom. The van der Waals surface area contributed by atoms with E-state index < -0.39 is 23.3 Å². The normalized spacial score (nSPS) is 12.4. The summed E-state index contributed by atoms with van der Waals surface area (Å²) in [6, 6.07) is 6.95. The van der Waals surface area contributed by atoms with Crippen molar-refractivity contribution in [2.45, 2.75) is 59.7 Å². The third kappa shape index (κ3) is 6.77. The fourth-order valence-electron chi connectivity index (χ4n) is 3.59. The van der Waals surface area contributed by atoms with Gasteiger partial charge in [0.05, 0.1) is 11.3 Å². The average Bonchev–Trinajstić information content (AvgIpc) is 3.11. The number of hydrogen-bond acceptors (Lipinski definition) is 5. The lowest BCUT2D eigenvalue weighted by molar-refractivity contribution is 0.0520. The SMILES string of the molecule is Cc1nc2c(OCc3c(F)cccc3F)cccn2c1C(=O)CCC(C)CNC(=O)OC(C)(C)C. The van der Waals surface area contributed by atoms with Crippen LogP contribution in [-0.4, -0.2) is 33.4 Å². The molecule has 3 aromatic rings. The van der Waals surface area contributed by atoms with Gasteiger partial charge in [-0.25, -0.2) is 18.6 Å². The molecular formula is C26H31F2N3O4. The van der Waals surface area contributed by atoms with Crippen molar-refractivity contribution in [1.82, 2.24) is 14.7 Å². The van der Waals surface area contributed by atoms with Gasteiger partial charge in [-0.1, -0.05) is 13.0 Å². The van der Waals surface area contributed by atoms with Crippen molar-refractivity contribution < 1.29 is 27.8 Å². The summed E-state index contributed by atoms with van der Waals surface area (Å²) in [6.45, 7) is 9.13. The number of fused-ring (bicyclic) bond motifs is 1. The van der Waals surface area contributed by atoms with Crippen LogP contribution in [0.25, 0.3) is 5.65 Å². The molecule has 0 bridgehead atoms. The molecule has 1 atom stereocenters. The van der Waals surface area contributed by atoms with Crippen molar-refractivity contribution in [2.24, 2.45) is 5.92 Å². The lowest BCUT2D eigenvalue weighted by Crippen LogP contribution is -2.34. The van der Waals surface area contributed by atoms with E-state index in [2.05, 4.69) is 10.3 Å². The topological polar surface area (TPSA) is 81.9 Å². The van der Waals surface area contributed by atoms with Crippen LogP contribution in [0.4, 0.5) is 13.6 Å². The Kier molecular flexibility index (Phi) is 8.09. The van der Waals surface area contributed by atoms with Crippen LogP contribution in [0.1, 0.15) is 62.3 Å². The van der Waals surface area contributed by atoms with Gasteiger partial charge in [-0.2, -0.15) is 0 Å². The number of benzene rings is 1. The number of nitrogens with zero attached hydrogens (tertiary/aromatic N) is 2. The van der Waals surface area contributed by atoms with Crippen molar-refractivity contribution in [1.29, 1.82) is 0 Å². The summed E-state index contributed by atoms with van der Waals surface area (Å²) in [5.41, 5.74) is 0.598. The van der Waals surface area contributed by atoms with Gasteiger partial charge in [-0.05, 0) is 64.3 Å². The maximum Gasteiger partial charge on any atom is 0.407 e. The number of carbonyl (C=O) groups is 2. The zero-order valence-corrected chi connectivity index (χ0v) is 20.7. The summed E-state index contributed by atoms with van der Waals surface area (Å²) in [5, 5.41) is 2.72. The summed E-state index contributed by atoms with van der Waals surface area (Å²) in [6.07, 6.45) is 2.03. The smallest absolute Gasteiger partial charge is 0.407 e. The van der Waals surface area contributed by atoms with Crippen LogP contribution in [0.2, 0.25) is 0 Å².